The lowest BCUT2D eigenvalue weighted by Crippen LogP contribution is -2.04. The first kappa shape index (κ1) is 25.0. The number of rotatable bonds is 2. The molecule has 0 aliphatic rings. The fourth-order valence-electron chi connectivity index (χ4n) is 6.82. The second kappa shape index (κ2) is 8.77. The first-order chi connectivity index (χ1) is 21.3. The average Bonchev–Trinajstić information content (AvgIpc) is 3.67. The summed E-state index contributed by atoms with van der Waals surface area (Å²) in [5.74, 6) is 0. The highest BCUT2D eigenvalue weighted by Gasteiger charge is 2.31. The van der Waals surface area contributed by atoms with Gasteiger partial charge in [-0.3, -0.25) is 0 Å². The fourth-order valence-corrected chi connectivity index (χ4v) is 6.82. The molecule has 212 valence electrons. The van der Waals surface area contributed by atoms with Crippen LogP contribution in [0.4, 0.5) is 13.2 Å². The highest BCUT2D eigenvalue weighted by atomic mass is 19.4. The van der Waals surface area contributed by atoms with Crippen LogP contribution in [0.25, 0.3) is 76.9 Å². The number of nitrogens with zero attached hydrogens (tertiary/aromatic N) is 2. The molecule has 9 rings (SSSR count). The molecule has 0 saturated heterocycles. The van der Waals surface area contributed by atoms with E-state index in [9.17, 15) is 13.2 Å². The number of hydrogen-bond acceptors (Lipinski definition) is 1. The zero-order chi connectivity index (χ0) is 29.7. The Hall–Kier alpha value is -5.49. The third kappa shape index (κ3) is 3.51. The van der Waals surface area contributed by atoms with Crippen molar-refractivity contribution in [3.63, 3.8) is 0 Å². The van der Waals surface area contributed by atoms with E-state index in [1.165, 1.54) is 22.4 Å². The Kier molecular flexibility index (Phi) is 4.99. The molecule has 0 spiro atoms. The third-order valence-electron chi connectivity index (χ3n) is 8.78. The Morgan fingerprint density at radius 3 is 1.55 bits per heavy atom. The summed E-state index contributed by atoms with van der Waals surface area (Å²) in [7, 11) is 0. The van der Waals surface area contributed by atoms with Crippen molar-refractivity contribution < 1.29 is 17.6 Å². The molecule has 3 heterocycles. The zero-order valence-corrected chi connectivity index (χ0v) is 23.5. The van der Waals surface area contributed by atoms with Crippen molar-refractivity contribution in [3.05, 3.63) is 132 Å². The Balaban J connectivity index is 1.29. The summed E-state index contributed by atoms with van der Waals surface area (Å²) in [5, 5.41) is 5.66. The van der Waals surface area contributed by atoms with Crippen molar-refractivity contribution in [1.82, 2.24) is 9.13 Å². The fraction of sp³-hybridized carbons (Fsp3) is 0.0526. The summed E-state index contributed by atoms with van der Waals surface area (Å²) in [6.45, 7) is 2.11. The van der Waals surface area contributed by atoms with E-state index >= 15 is 0 Å². The monoisotopic (exact) mass is 580 g/mol. The molecule has 0 aliphatic heterocycles. The van der Waals surface area contributed by atoms with Gasteiger partial charge in [-0.1, -0.05) is 48.0 Å². The van der Waals surface area contributed by atoms with Crippen LogP contribution >= 0.6 is 0 Å². The molecule has 0 unspecified atom stereocenters. The quantitative estimate of drug-likeness (QED) is 0.199. The van der Waals surface area contributed by atoms with Crippen LogP contribution in [0, 0.1) is 6.92 Å². The third-order valence-corrected chi connectivity index (χ3v) is 8.78. The molecule has 0 radical (unpaired) electrons. The normalized spacial score (nSPS) is 12.5. The van der Waals surface area contributed by atoms with Crippen molar-refractivity contribution in [1.29, 1.82) is 0 Å². The number of hydrogen-bond donors (Lipinski definition) is 0. The lowest BCUT2D eigenvalue weighted by Gasteiger charge is -2.10. The highest BCUT2D eigenvalue weighted by molar-refractivity contribution is 6.12. The zero-order valence-electron chi connectivity index (χ0n) is 23.5. The predicted molar refractivity (Wildman–Crippen MR) is 172 cm³/mol. The number of furan rings is 1. The highest BCUT2D eigenvalue weighted by Crippen LogP contribution is 2.40. The molecular weight excluding hydrogens is 557 g/mol. The number of para-hydroxylation sites is 2. The van der Waals surface area contributed by atoms with E-state index in [1.807, 2.05) is 47.0 Å². The number of alkyl halides is 3. The van der Waals surface area contributed by atoms with Crippen molar-refractivity contribution >= 4 is 65.6 Å². The Morgan fingerprint density at radius 1 is 0.477 bits per heavy atom. The summed E-state index contributed by atoms with van der Waals surface area (Å²) < 4.78 is 51.5. The van der Waals surface area contributed by atoms with Crippen molar-refractivity contribution in [2.24, 2.45) is 0 Å². The second-order valence-corrected chi connectivity index (χ2v) is 11.4. The molecule has 44 heavy (non-hydrogen) atoms. The standard InChI is InChI=1S/C38H23F3N2O/c1-22-10-14-34-28(18-22)26-6-2-4-8-32(26)42(34)24-12-16-36-30(20-24)31-21-25(13-17-37(31)44-36)43-33-9-5-3-7-27(33)29-19-23(38(39,40)41)11-15-35(29)43/h2-21H,1H3. The number of aromatic nitrogens is 2. The van der Waals surface area contributed by atoms with Gasteiger partial charge in [-0.15, -0.1) is 0 Å². The SMILES string of the molecule is Cc1ccc2c(c1)c1ccccc1n2-c1ccc2oc3ccc(-n4c5ccccc5c5cc(C(F)(F)F)ccc54)cc3c2c1. The van der Waals surface area contributed by atoms with Crippen LogP contribution in [0.2, 0.25) is 0 Å². The molecule has 6 aromatic carbocycles. The molecule has 3 nitrogen and oxygen atoms in total. The lowest BCUT2D eigenvalue weighted by molar-refractivity contribution is -0.137. The van der Waals surface area contributed by atoms with Crippen LogP contribution in [0.15, 0.2) is 126 Å². The molecule has 6 heteroatoms. The van der Waals surface area contributed by atoms with Gasteiger partial charge in [0.05, 0.1) is 27.6 Å². The van der Waals surface area contributed by atoms with Crippen LogP contribution < -0.4 is 0 Å². The largest absolute Gasteiger partial charge is 0.456 e. The summed E-state index contributed by atoms with van der Waals surface area (Å²) >= 11 is 0. The van der Waals surface area contributed by atoms with Crippen LogP contribution in [-0.4, -0.2) is 9.13 Å². The minimum atomic E-state index is -4.42. The van der Waals surface area contributed by atoms with Gasteiger partial charge in [-0.25, -0.2) is 0 Å². The summed E-state index contributed by atoms with van der Waals surface area (Å²) in [6, 6.07) is 38.8. The number of halogens is 3. The van der Waals surface area contributed by atoms with Gasteiger partial charge < -0.3 is 13.6 Å². The van der Waals surface area contributed by atoms with Crippen LogP contribution in [-0.2, 0) is 6.18 Å². The van der Waals surface area contributed by atoms with E-state index < -0.39 is 11.7 Å². The molecule has 3 aromatic heterocycles. The molecule has 0 atom stereocenters. The Morgan fingerprint density at radius 2 is 0.977 bits per heavy atom. The molecule has 9 aromatic rings. The van der Waals surface area contributed by atoms with Crippen LogP contribution in [0.3, 0.4) is 0 Å². The van der Waals surface area contributed by atoms with E-state index in [1.54, 1.807) is 6.07 Å². The summed E-state index contributed by atoms with van der Waals surface area (Å²) in [4.78, 5) is 0. The molecule has 0 aliphatic carbocycles. The molecule has 0 amide bonds. The summed E-state index contributed by atoms with van der Waals surface area (Å²) in [6.07, 6.45) is -4.42. The van der Waals surface area contributed by atoms with Gasteiger partial charge in [-0.05, 0) is 85.8 Å². The Bertz CT molecular complexity index is 2620. The molecule has 0 fully saturated rings. The number of aryl methyl sites for hydroxylation is 1. The maximum absolute atomic E-state index is 13.6. The minimum Gasteiger partial charge on any atom is -0.456 e. The molecular formula is C38H23F3N2O. The maximum Gasteiger partial charge on any atom is 0.416 e. The van der Waals surface area contributed by atoms with E-state index in [4.69, 9.17) is 4.42 Å². The van der Waals surface area contributed by atoms with Crippen molar-refractivity contribution in [2.75, 3.05) is 0 Å². The lowest BCUT2D eigenvalue weighted by atomic mass is 10.1. The minimum absolute atomic E-state index is 0.566. The average molecular weight is 581 g/mol. The number of benzene rings is 6. The van der Waals surface area contributed by atoms with Gasteiger partial charge >= 0.3 is 6.18 Å². The Labute approximate surface area is 248 Å². The topological polar surface area (TPSA) is 23.0 Å². The van der Waals surface area contributed by atoms with Crippen molar-refractivity contribution in [2.45, 2.75) is 13.1 Å². The van der Waals surface area contributed by atoms with E-state index in [-0.39, 0.29) is 0 Å². The van der Waals surface area contributed by atoms with Crippen molar-refractivity contribution in [3.8, 4) is 11.4 Å². The maximum atomic E-state index is 13.6. The van der Waals surface area contributed by atoms with Gasteiger partial charge in [0.25, 0.3) is 0 Å². The van der Waals surface area contributed by atoms with Gasteiger partial charge in [0, 0.05) is 43.7 Å². The molecule has 0 N–H and O–H groups in total. The summed E-state index contributed by atoms with van der Waals surface area (Å²) in [5.41, 5.74) is 7.77. The van der Waals surface area contributed by atoms with E-state index in [0.29, 0.717) is 10.9 Å². The molecule has 0 saturated carbocycles. The van der Waals surface area contributed by atoms with Gasteiger partial charge in [-0.2, -0.15) is 13.2 Å². The first-order valence-electron chi connectivity index (χ1n) is 14.4. The van der Waals surface area contributed by atoms with Gasteiger partial charge in [0.1, 0.15) is 11.2 Å². The van der Waals surface area contributed by atoms with Crippen LogP contribution in [0.5, 0.6) is 0 Å². The van der Waals surface area contributed by atoms with E-state index in [0.717, 1.165) is 61.3 Å². The predicted octanol–water partition coefficient (Wildman–Crippen LogP) is 11.1. The second-order valence-electron chi connectivity index (χ2n) is 11.4. The smallest absolute Gasteiger partial charge is 0.416 e. The van der Waals surface area contributed by atoms with Gasteiger partial charge in [0.2, 0.25) is 0 Å². The van der Waals surface area contributed by atoms with Gasteiger partial charge in [0.15, 0.2) is 0 Å². The van der Waals surface area contributed by atoms with Crippen LogP contribution in [0.1, 0.15) is 11.1 Å². The van der Waals surface area contributed by atoms with E-state index in [2.05, 4.69) is 72.2 Å². The molecule has 0 bridgehead atoms. The first-order valence-corrected chi connectivity index (χ1v) is 14.4. The number of fused-ring (bicyclic) bond motifs is 9.